The van der Waals surface area contributed by atoms with Crippen LogP contribution in [0.25, 0.3) is 0 Å². The average Bonchev–Trinajstić information content (AvgIpc) is 2.38. The number of hydrogen-bond donors (Lipinski definition) is 1. The standard InChI is InChI=1S/C13H19NO3/c15-12-4-1-2-5-13(12)17-9-3-6-14-7-10-16-11-8-14/h1-2,4-5,15H,3,6-11H2. The second kappa shape index (κ2) is 6.47. The van der Waals surface area contributed by atoms with Gasteiger partial charge >= 0.3 is 0 Å². The van der Waals surface area contributed by atoms with Crippen molar-refractivity contribution in [2.45, 2.75) is 6.42 Å². The second-order valence-corrected chi connectivity index (χ2v) is 4.12. The van der Waals surface area contributed by atoms with Crippen LogP contribution in [-0.2, 0) is 4.74 Å². The molecule has 1 N–H and O–H groups in total. The van der Waals surface area contributed by atoms with Crippen molar-refractivity contribution < 1.29 is 14.6 Å². The van der Waals surface area contributed by atoms with Crippen LogP contribution in [0, 0.1) is 0 Å². The minimum atomic E-state index is 0.207. The molecule has 0 aromatic heterocycles. The van der Waals surface area contributed by atoms with Crippen molar-refractivity contribution in [3.05, 3.63) is 24.3 Å². The Labute approximate surface area is 102 Å². The van der Waals surface area contributed by atoms with E-state index >= 15 is 0 Å². The van der Waals surface area contributed by atoms with Gasteiger partial charge in [0.15, 0.2) is 11.5 Å². The lowest BCUT2D eigenvalue weighted by molar-refractivity contribution is 0.0357. The lowest BCUT2D eigenvalue weighted by Crippen LogP contribution is -2.37. The number of nitrogens with zero attached hydrogens (tertiary/aromatic N) is 1. The Bertz CT molecular complexity index is 337. The monoisotopic (exact) mass is 237 g/mol. The molecule has 1 aromatic carbocycles. The van der Waals surface area contributed by atoms with E-state index in [1.165, 1.54) is 0 Å². The molecule has 0 bridgehead atoms. The number of aromatic hydroxyl groups is 1. The van der Waals surface area contributed by atoms with Crippen LogP contribution in [0.2, 0.25) is 0 Å². The Balaban J connectivity index is 1.64. The van der Waals surface area contributed by atoms with Crippen molar-refractivity contribution in [1.29, 1.82) is 0 Å². The zero-order valence-electron chi connectivity index (χ0n) is 9.97. The summed E-state index contributed by atoms with van der Waals surface area (Å²) < 4.78 is 10.8. The minimum Gasteiger partial charge on any atom is -0.504 e. The van der Waals surface area contributed by atoms with Crippen molar-refractivity contribution in [2.75, 3.05) is 39.5 Å². The largest absolute Gasteiger partial charge is 0.504 e. The molecule has 0 amide bonds. The highest BCUT2D eigenvalue weighted by molar-refractivity contribution is 5.37. The van der Waals surface area contributed by atoms with Crippen LogP contribution >= 0.6 is 0 Å². The predicted molar refractivity (Wildman–Crippen MR) is 65.5 cm³/mol. The summed E-state index contributed by atoms with van der Waals surface area (Å²) in [6, 6.07) is 7.06. The summed E-state index contributed by atoms with van der Waals surface area (Å²) >= 11 is 0. The summed E-state index contributed by atoms with van der Waals surface area (Å²) in [4.78, 5) is 2.37. The zero-order valence-corrected chi connectivity index (χ0v) is 9.97. The van der Waals surface area contributed by atoms with E-state index in [1.807, 2.05) is 6.07 Å². The molecular formula is C13H19NO3. The maximum atomic E-state index is 9.51. The van der Waals surface area contributed by atoms with Crippen LogP contribution < -0.4 is 4.74 Å². The van der Waals surface area contributed by atoms with Crippen molar-refractivity contribution in [3.8, 4) is 11.5 Å². The Kier molecular flexibility index (Phi) is 4.64. The van der Waals surface area contributed by atoms with E-state index in [1.54, 1.807) is 18.2 Å². The molecule has 0 unspecified atom stereocenters. The van der Waals surface area contributed by atoms with Crippen LogP contribution in [0.3, 0.4) is 0 Å². The SMILES string of the molecule is Oc1ccccc1OCCCN1CCOCC1. The van der Waals surface area contributed by atoms with Crippen molar-refractivity contribution >= 4 is 0 Å². The van der Waals surface area contributed by atoms with Gasteiger partial charge in [0.05, 0.1) is 19.8 Å². The molecule has 0 atom stereocenters. The molecule has 17 heavy (non-hydrogen) atoms. The maximum absolute atomic E-state index is 9.51. The molecule has 1 aliphatic rings. The van der Waals surface area contributed by atoms with E-state index in [2.05, 4.69) is 4.90 Å². The molecule has 4 heteroatoms. The van der Waals surface area contributed by atoms with E-state index < -0.39 is 0 Å². The highest BCUT2D eigenvalue weighted by atomic mass is 16.5. The van der Waals surface area contributed by atoms with Gasteiger partial charge in [-0.1, -0.05) is 12.1 Å². The number of phenolic OH excluding ortho intramolecular Hbond substituents is 1. The quantitative estimate of drug-likeness (QED) is 0.788. The fourth-order valence-corrected chi connectivity index (χ4v) is 1.87. The molecule has 1 heterocycles. The van der Waals surface area contributed by atoms with Gasteiger partial charge in [-0.3, -0.25) is 4.90 Å². The first-order chi connectivity index (χ1) is 8.36. The van der Waals surface area contributed by atoms with Gasteiger partial charge in [0.25, 0.3) is 0 Å². The number of para-hydroxylation sites is 2. The lowest BCUT2D eigenvalue weighted by Gasteiger charge is -2.26. The van der Waals surface area contributed by atoms with Crippen LogP contribution in [0.15, 0.2) is 24.3 Å². The fourth-order valence-electron chi connectivity index (χ4n) is 1.87. The van der Waals surface area contributed by atoms with Crippen LogP contribution in [0.1, 0.15) is 6.42 Å². The van der Waals surface area contributed by atoms with E-state index in [0.29, 0.717) is 12.4 Å². The number of rotatable bonds is 5. The Morgan fingerprint density at radius 2 is 2.00 bits per heavy atom. The Morgan fingerprint density at radius 3 is 2.76 bits per heavy atom. The van der Waals surface area contributed by atoms with Crippen LogP contribution in [0.5, 0.6) is 11.5 Å². The number of phenols is 1. The van der Waals surface area contributed by atoms with Crippen molar-refractivity contribution in [3.63, 3.8) is 0 Å². The summed E-state index contributed by atoms with van der Waals surface area (Å²) in [5.74, 6) is 0.772. The van der Waals surface area contributed by atoms with Gasteiger partial charge in [-0.2, -0.15) is 0 Å². The van der Waals surface area contributed by atoms with Crippen LogP contribution in [0.4, 0.5) is 0 Å². The molecule has 1 aliphatic heterocycles. The molecule has 2 rings (SSSR count). The third kappa shape index (κ3) is 3.91. The van der Waals surface area contributed by atoms with E-state index in [9.17, 15) is 5.11 Å². The van der Waals surface area contributed by atoms with Gasteiger partial charge in [-0.05, 0) is 18.6 Å². The molecule has 0 aliphatic carbocycles. The number of morpholine rings is 1. The minimum absolute atomic E-state index is 0.207. The van der Waals surface area contributed by atoms with E-state index in [4.69, 9.17) is 9.47 Å². The van der Waals surface area contributed by atoms with Crippen molar-refractivity contribution in [1.82, 2.24) is 4.90 Å². The second-order valence-electron chi connectivity index (χ2n) is 4.12. The first-order valence-electron chi connectivity index (χ1n) is 6.07. The summed E-state index contributed by atoms with van der Waals surface area (Å²) in [6.45, 7) is 5.35. The Hall–Kier alpha value is -1.26. The van der Waals surface area contributed by atoms with Gasteiger partial charge in [0.1, 0.15) is 0 Å². The number of ether oxygens (including phenoxy) is 2. The topological polar surface area (TPSA) is 41.9 Å². The molecule has 4 nitrogen and oxygen atoms in total. The van der Waals surface area contributed by atoms with Gasteiger partial charge in [-0.25, -0.2) is 0 Å². The molecule has 1 saturated heterocycles. The van der Waals surface area contributed by atoms with E-state index in [0.717, 1.165) is 39.3 Å². The number of benzene rings is 1. The lowest BCUT2D eigenvalue weighted by atomic mass is 10.3. The van der Waals surface area contributed by atoms with Gasteiger partial charge in [0.2, 0.25) is 0 Å². The van der Waals surface area contributed by atoms with Crippen molar-refractivity contribution in [2.24, 2.45) is 0 Å². The van der Waals surface area contributed by atoms with E-state index in [-0.39, 0.29) is 5.75 Å². The summed E-state index contributed by atoms with van der Waals surface area (Å²) in [6.07, 6.45) is 0.967. The zero-order chi connectivity index (χ0) is 11.9. The van der Waals surface area contributed by atoms with Gasteiger partial charge in [0, 0.05) is 19.6 Å². The third-order valence-corrected chi connectivity index (χ3v) is 2.85. The first kappa shape index (κ1) is 12.2. The molecular weight excluding hydrogens is 218 g/mol. The summed E-state index contributed by atoms with van der Waals surface area (Å²) in [7, 11) is 0. The molecule has 1 aromatic rings. The van der Waals surface area contributed by atoms with Crippen LogP contribution in [-0.4, -0.2) is 49.5 Å². The molecule has 0 radical (unpaired) electrons. The normalized spacial score (nSPS) is 16.9. The molecule has 0 spiro atoms. The summed E-state index contributed by atoms with van der Waals surface area (Å²) in [5.41, 5.74) is 0. The average molecular weight is 237 g/mol. The molecule has 1 fully saturated rings. The highest BCUT2D eigenvalue weighted by Gasteiger charge is 2.09. The first-order valence-corrected chi connectivity index (χ1v) is 6.07. The third-order valence-electron chi connectivity index (χ3n) is 2.85. The van der Waals surface area contributed by atoms with Gasteiger partial charge < -0.3 is 14.6 Å². The molecule has 94 valence electrons. The highest BCUT2D eigenvalue weighted by Crippen LogP contribution is 2.24. The maximum Gasteiger partial charge on any atom is 0.160 e. The Morgan fingerprint density at radius 1 is 1.24 bits per heavy atom. The molecule has 0 saturated carbocycles. The number of hydrogen-bond acceptors (Lipinski definition) is 4. The smallest absolute Gasteiger partial charge is 0.160 e. The van der Waals surface area contributed by atoms with Gasteiger partial charge in [-0.15, -0.1) is 0 Å². The predicted octanol–water partition coefficient (Wildman–Crippen LogP) is 1.49. The fraction of sp³-hybridized carbons (Fsp3) is 0.538. The summed E-state index contributed by atoms with van der Waals surface area (Å²) in [5, 5.41) is 9.51.